The molecule has 1 aliphatic heterocycles. The number of carbonyl (C=O) groups is 1. The number of rotatable bonds is 4. The van der Waals surface area contributed by atoms with E-state index in [0.717, 1.165) is 6.42 Å². The van der Waals surface area contributed by atoms with Crippen molar-refractivity contribution in [2.75, 3.05) is 19.6 Å². The zero-order chi connectivity index (χ0) is 17.1. The van der Waals surface area contributed by atoms with Crippen molar-refractivity contribution in [2.24, 2.45) is 11.3 Å². The number of nitrogens with one attached hydrogen (secondary N) is 1. The predicted octanol–water partition coefficient (Wildman–Crippen LogP) is 2.25. The van der Waals surface area contributed by atoms with Crippen LogP contribution in [0, 0.1) is 11.3 Å². The van der Waals surface area contributed by atoms with Gasteiger partial charge in [0.25, 0.3) is 0 Å². The van der Waals surface area contributed by atoms with Crippen LogP contribution in [0.25, 0.3) is 0 Å². The zero-order valence-corrected chi connectivity index (χ0v) is 14.9. The second-order valence-corrected chi connectivity index (χ2v) is 9.23. The first-order valence-corrected chi connectivity index (χ1v) is 9.47. The Labute approximate surface area is 139 Å². The summed E-state index contributed by atoms with van der Waals surface area (Å²) in [5.74, 6) is -0.322. The van der Waals surface area contributed by atoms with E-state index >= 15 is 0 Å². The molecular weight excluding hydrogens is 312 g/mol. The van der Waals surface area contributed by atoms with Crippen LogP contribution in [0.5, 0.6) is 0 Å². The summed E-state index contributed by atoms with van der Waals surface area (Å²) in [5, 5.41) is 2.94. The van der Waals surface area contributed by atoms with E-state index in [9.17, 15) is 13.2 Å². The molecule has 1 aliphatic rings. The number of hydrogen-bond donors (Lipinski definition) is 1. The first-order valence-electron chi connectivity index (χ1n) is 8.03. The molecule has 2 rings (SSSR count). The topological polar surface area (TPSA) is 66.5 Å². The van der Waals surface area contributed by atoms with E-state index in [1.807, 2.05) is 0 Å². The van der Waals surface area contributed by atoms with Gasteiger partial charge in [0.05, 0.1) is 10.8 Å². The van der Waals surface area contributed by atoms with Crippen LogP contribution in [-0.4, -0.2) is 38.3 Å². The third-order valence-electron chi connectivity index (χ3n) is 3.93. The summed E-state index contributed by atoms with van der Waals surface area (Å²) in [6, 6.07) is 8.41. The molecule has 0 bridgehead atoms. The number of sulfonamides is 1. The third-order valence-corrected chi connectivity index (χ3v) is 5.81. The Kier molecular flexibility index (Phi) is 5.47. The number of benzene rings is 1. The number of piperidine rings is 1. The highest BCUT2D eigenvalue weighted by Gasteiger charge is 2.33. The molecule has 0 radical (unpaired) electrons. The molecule has 0 spiro atoms. The summed E-state index contributed by atoms with van der Waals surface area (Å²) in [4.78, 5) is 12.6. The monoisotopic (exact) mass is 338 g/mol. The first kappa shape index (κ1) is 17.9. The summed E-state index contributed by atoms with van der Waals surface area (Å²) in [6.45, 7) is 7.49. The van der Waals surface area contributed by atoms with E-state index < -0.39 is 10.0 Å². The molecule has 128 valence electrons. The van der Waals surface area contributed by atoms with Gasteiger partial charge in [-0.25, -0.2) is 8.42 Å². The van der Waals surface area contributed by atoms with Crippen LogP contribution >= 0.6 is 0 Å². The van der Waals surface area contributed by atoms with Gasteiger partial charge in [0.15, 0.2) is 0 Å². The molecule has 1 amide bonds. The number of nitrogens with zero attached hydrogens (tertiary/aromatic N) is 1. The van der Waals surface area contributed by atoms with Gasteiger partial charge in [0.2, 0.25) is 15.9 Å². The van der Waals surface area contributed by atoms with Crippen LogP contribution in [0.15, 0.2) is 35.2 Å². The van der Waals surface area contributed by atoms with Crippen LogP contribution < -0.4 is 5.32 Å². The summed E-state index contributed by atoms with van der Waals surface area (Å²) < 4.78 is 26.8. The maximum Gasteiger partial charge on any atom is 0.243 e. The van der Waals surface area contributed by atoms with Crippen molar-refractivity contribution in [1.82, 2.24) is 9.62 Å². The van der Waals surface area contributed by atoms with Crippen molar-refractivity contribution in [3.8, 4) is 0 Å². The molecule has 6 heteroatoms. The molecule has 1 fully saturated rings. The molecule has 23 heavy (non-hydrogen) atoms. The Balaban J connectivity index is 2.05. The van der Waals surface area contributed by atoms with Crippen LogP contribution in [0.1, 0.15) is 33.6 Å². The average Bonchev–Trinajstić information content (AvgIpc) is 2.53. The number of carbonyl (C=O) groups excluding carboxylic acids is 1. The molecule has 1 atom stereocenters. The first-order chi connectivity index (χ1) is 10.7. The van der Waals surface area contributed by atoms with Gasteiger partial charge >= 0.3 is 0 Å². The molecule has 5 nitrogen and oxygen atoms in total. The summed E-state index contributed by atoms with van der Waals surface area (Å²) in [5.41, 5.74) is 0.0140. The van der Waals surface area contributed by atoms with Gasteiger partial charge in [-0.1, -0.05) is 39.0 Å². The van der Waals surface area contributed by atoms with Gasteiger partial charge in [-0.3, -0.25) is 4.79 Å². The molecule has 1 aromatic rings. The molecule has 1 aromatic carbocycles. The van der Waals surface area contributed by atoms with Crippen LogP contribution in [0.2, 0.25) is 0 Å². The highest BCUT2D eigenvalue weighted by Crippen LogP contribution is 2.24. The quantitative estimate of drug-likeness (QED) is 0.916. The molecule has 1 heterocycles. The van der Waals surface area contributed by atoms with Gasteiger partial charge in [-0.2, -0.15) is 4.31 Å². The largest absolute Gasteiger partial charge is 0.355 e. The van der Waals surface area contributed by atoms with Crippen LogP contribution in [0.3, 0.4) is 0 Å². The van der Waals surface area contributed by atoms with Crippen molar-refractivity contribution < 1.29 is 13.2 Å². The van der Waals surface area contributed by atoms with Gasteiger partial charge in [-0.05, 0) is 30.4 Å². The Hall–Kier alpha value is -1.40. The van der Waals surface area contributed by atoms with E-state index in [1.54, 1.807) is 30.3 Å². The lowest BCUT2D eigenvalue weighted by molar-refractivity contribution is -0.126. The predicted molar refractivity (Wildman–Crippen MR) is 90.4 cm³/mol. The lowest BCUT2D eigenvalue weighted by Crippen LogP contribution is -2.46. The Morgan fingerprint density at radius 2 is 1.91 bits per heavy atom. The molecule has 1 saturated heterocycles. The Morgan fingerprint density at radius 1 is 1.26 bits per heavy atom. The van der Waals surface area contributed by atoms with E-state index in [-0.39, 0.29) is 28.7 Å². The van der Waals surface area contributed by atoms with Crippen molar-refractivity contribution in [3.63, 3.8) is 0 Å². The summed E-state index contributed by atoms with van der Waals surface area (Å²) in [7, 11) is -3.52. The van der Waals surface area contributed by atoms with Gasteiger partial charge in [-0.15, -0.1) is 0 Å². The van der Waals surface area contributed by atoms with E-state index in [0.29, 0.717) is 19.5 Å². The van der Waals surface area contributed by atoms with Crippen molar-refractivity contribution in [3.05, 3.63) is 30.3 Å². The minimum Gasteiger partial charge on any atom is -0.355 e. The maximum atomic E-state index is 12.7. The fraction of sp³-hybridized carbons (Fsp3) is 0.588. The average molecular weight is 338 g/mol. The summed E-state index contributed by atoms with van der Waals surface area (Å²) in [6.07, 6.45) is 1.44. The SMILES string of the molecule is CC(C)(C)CNC(=O)[C@H]1CCCN(S(=O)(=O)c2ccccc2)C1. The lowest BCUT2D eigenvalue weighted by atomic mass is 9.95. The number of hydrogen-bond acceptors (Lipinski definition) is 3. The highest BCUT2D eigenvalue weighted by atomic mass is 32.2. The third kappa shape index (κ3) is 4.78. The molecule has 0 saturated carbocycles. The normalized spacial score (nSPS) is 20.2. The fourth-order valence-electron chi connectivity index (χ4n) is 2.61. The number of amides is 1. The van der Waals surface area contributed by atoms with E-state index in [2.05, 4.69) is 26.1 Å². The van der Waals surface area contributed by atoms with Crippen LogP contribution in [-0.2, 0) is 14.8 Å². The molecule has 0 unspecified atom stereocenters. The zero-order valence-electron chi connectivity index (χ0n) is 14.1. The standard InChI is InChI=1S/C17H26N2O3S/c1-17(2,3)13-18-16(20)14-8-7-11-19(12-14)23(21,22)15-9-5-4-6-10-15/h4-6,9-10,14H,7-8,11-13H2,1-3H3,(H,18,20)/t14-/m0/s1. The van der Waals surface area contributed by atoms with Gasteiger partial charge < -0.3 is 5.32 Å². The minimum atomic E-state index is -3.52. The molecule has 0 aromatic heterocycles. The smallest absolute Gasteiger partial charge is 0.243 e. The van der Waals surface area contributed by atoms with Crippen molar-refractivity contribution in [1.29, 1.82) is 0 Å². The Morgan fingerprint density at radius 3 is 2.52 bits per heavy atom. The minimum absolute atomic E-state index is 0.0140. The van der Waals surface area contributed by atoms with Crippen molar-refractivity contribution >= 4 is 15.9 Å². The highest BCUT2D eigenvalue weighted by molar-refractivity contribution is 7.89. The lowest BCUT2D eigenvalue weighted by Gasteiger charge is -2.32. The second-order valence-electron chi connectivity index (χ2n) is 7.29. The molecular formula is C17H26N2O3S. The van der Waals surface area contributed by atoms with Gasteiger partial charge in [0.1, 0.15) is 0 Å². The summed E-state index contributed by atoms with van der Waals surface area (Å²) >= 11 is 0. The molecule has 0 aliphatic carbocycles. The molecule has 1 N–H and O–H groups in total. The van der Waals surface area contributed by atoms with E-state index in [4.69, 9.17) is 0 Å². The van der Waals surface area contributed by atoms with E-state index in [1.165, 1.54) is 4.31 Å². The van der Waals surface area contributed by atoms with Crippen molar-refractivity contribution in [2.45, 2.75) is 38.5 Å². The van der Waals surface area contributed by atoms with Gasteiger partial charge in [0, 0.05) is 19.6 Å². The maximum absolute atomic E-state index is 12.7. The second kappa shape index (κ2) is 7.01. The van der Waals surface area contributed by atoms with Crippen LogP contribution in [0.4, 0.5) is 0 Å². The fourth-order valence-corrected chi connectivity index (χ4v) is 4.16. The Bertz CT molecular complexity index is 636.